The van der Waals surface area contributed by atoms with E-state index in [0.717, 1.165) is 56.4 Å². The number of piperidine rings is 1. The van der Waals surface area contributed by atoms with Crippen LogP contribution in [0.1, 0.15) is 56.1 Å². The zero-order chi connectivity index (χ0) is 18.6. The fraction of sp³-hybridized carbons (Fsp3) is 0.714. The van der Waals surface area contributed by atoms with E-state index in [1.165, 1.54) is 44.2 Å². The molecule has 0 bridgehead atoms. The summed E-state index contributed by atoms with van der Waals surface area (Å²) in [5.41, 5.74) is 6.26. The van der Waals surface area contributed by atoms with Crippen LogP contribution in [-0.2, 0) is 12.6 Å². The Morgan fingerprint density at radius 3 is 2.31 bits per heavy atom. The molecule has 1 aromatic carbocycles. The van der Waals surface area contributed by atoms with Crippen LogP contribution in [-0.4, -0.2) is 30.6 Å². The minimum atomic E-state index is -4.25. The van der Waals surface area contributed by atoms with Crippen LogP contribution in [0, 0.1) is 11.8 Å². The highest BCUT2D eigenvalue weighted by atomic mass is 19.4. The van der Waals surface area contributed by atoms with Crippen LogP contribution in [0.25, 0.3) is 0 Å². The van der Waals surface area contributed by atoms with E-state index in [9.17, 15) is 13.2 Å². The first-order valence-electron chi connectivity index (χ1n) is 10.0. The highest BCUT2D eigenvalue weighted by molar-refractivity contribution is 5.26. The summed E-state index contributed by atoms with van der Waals surface area (Å²) in [5, 5.41) is 0. The fourth-order valence-corrected chi connectivity index (χ4v) is 4.46. The predicted molar refractivity (Wildman–Crippen MR) is 98.9 cm³/mol. The van der Waals surface area contributed by atoms with Gasteiger partial charge in [-0.15, -0.1) is 0 Å². The Labute approximate surface area is 154 Å². The molecule has 146 valence electrons. The van der Waals surface area contributed by atoms with Crippen molar-refractivity contribution in [3.63, 3.8) is 0 Å². The third-order valence-electron chi connectivity index (χ3n) is 6.23. The van der Waals surface area contributed by atoms with Gasteiger partial charge in [-0.1, -0.05) is 18.2 Å². The van der Waals surface area contributed by atoms with E-state index >= 15 is 0 Å². The fourth-order valence-electron chi connectivity index (χ4n) is 4.46. The number of benzene rings is 1. The second kappa shape index (κ2) is 8.75. The molecule has 2 aliphatic rings. The average Bonchev–Trinajstić information content (AvgIpc) is 2.62. The van der Waals surface area contributed by atoms with Crippen molar-refractivity contribution in [2.75, 3.05) is 19.6 Å². The van der Waals surface area contributed by atoms with E-state index in [-0.39, 0.29) is 0 Å². The third-order valence-corrected chi connectivity index (χ3v) is 6.23. The molecule has 2 nitrogen and oxygen atoms in total. The van der Waals surface area contributed by atoms with Gasteiger partial charge in [-0.05, 0) is 94.5 Å². The number of hydrogen-bond acceptors (Lipinski definition) is 2. The molecule has 1 heterocycles. The summed E-state index contributed by atoms with van der Waals surface area (Å²) in [6.45, 7) is 3.32. The first kappa shape index (κ1) is 19.7. The lowest BCUT2D eigenvalue weighted by atomic mass is 9.84. The van der Waals surface area contributed by atoms with Crippen LogP contribution in [0.3, 0.4) is 0 Å². The van der Waals surface area contributed by atoms with Gasteiger partial charge in [0.2, 0.25) is 0 Å². The lowest BCUT2D eigenvalue weighted by Crippen LogP contribution is -2.36. The van der Waals surface area contributed by atoms with Crippen molar-refractivity contribution < 1.29 is 13.2 Å². The Hall–Kier alpha value is -1.07. The molecule has 0 unspecified atom stereocenters. The summed E-state index contributed by atoms with van der Waals surface area (Å²) < 4.78 is 38.5. The highest BCUT2D eigenvalue weighted by Crippen LogP contribution is 2.31. The molecule has 0 aromatic heterocycles. The number of halogens is 3. The molecule has 0 radical (unpaired) electrons. The summed E-state index contributed by atoms with van der Waals surface area (Å²) >= 11 is 0. The first-order valence-corrected chi connectivity index (χ1v) is 10.0. The van der Waals surface area contributed by atoms with Crippen LogP contribution < -0.4 is 5.73 Å². The number of nitrogens with two attached hydrogens (primary N) is 1. The van der Waals surface area contributed by atoms with Gasteiger partial charge in [0.05, 0.1) is 5.56 Å². The SMILES string of the molecule is NC1CCC(CCN2CCC(Cc3cccc(C(F)(F)F)c3)CC2)CC1. The zero-order valence-electron chi connectivity index (χ0n) is 15.5. The zero-order valence-corrected chi connectivity index (χ0v) is 15.5. The van der Waals surface area contributed by atoms with Crippen molar-refractivity contribution in [1.82, 2.24) is 4.90 Å². The van der Waals surface area contributed by atoms with Gasteiger partial charge in [0, 0.05) is 6.04 Å². The number of nitrogens with zero attached hydrogens (tertiary/aromatic N) is 1. The molecular formula is C21H31F3N2. The molecule has 0 spiro atoms. The normalized spacial score (nSPS) is 26.2. The summed E-state index contributed by atoms with van der Waals surface area (Å²) in [6, 6.07) is 6.25. The van der Waals surface area contributed by atoms with E-state index < -0.39 is 11.7 Å². The lowest BCUT2D eigenvalue weighted by molar-refractivity contribution is -0.137. The third kappa shape index (κ3) is 5.71. The van der Waals surface area contributed by atoms with Gasteiger partial charge in [0.25, 0.3) is 0 Å². The Balaban J connectivity index is 1.40. The summed E-state index contributed by atoms with van der Waals surface area (Å²) in [7, 11) is 0. The molecule has 0 atom stereocenters. The monoisotopic (exact) mass is 368 g/mol. The maximum absolute atomic E-state index is 12.8. The van der Waals surface area contributed by atoms with E-state index in [0.29, 0.717) is 12.0 Å². The molecule has 1 saturated heterocycles. The Kier molecular flexibility index (Phi) is 6.62. The standard InChI is InChI=1S/C21H31F3N2/c22-21(23,24)19-3-1-2-18(15-19)14-17-9-12-26(13-10-17)11-8-16-4-6-20(25)7-5-16/h1-3,15-17,20H,4-14,25H2. The Morgan fingerprint density at radius 2 is 1.65 bits per heavy atom. The molecular weight excluding hydrogens is 337 g/mol. The molecule has 5 heteroatoms. The number of hydrogen-bond donors (Lipinski definition) is 1. The largest absolute Gasteiger partial charge is 0.416 e. The lowest BCUT2D eigenvalue weighted by Gasteiger charge is -2.34. The predicted octanol–water partition coefficient (Wildman–Crippen LogP) is 4.87. The summed E-state index contributed by atoms with van der Waals surface area (Å²) in [5.74, 6) is 1.33. The number of rotatable bonds is 5. The van der Waals surface area contributed by atoms with Gasteiger partial charge in [-0.3, -0.25) is 0 Å². The van der Waals surface area contributed by atoms with E-state index in [1.807, 2.05) is 6.07 Å². The number of alkyl halides is 3. The van der Waals surface area contributed by atoms with Gasteiger partial charge in [0.15, 0.2) is 0 Å². The van der Waals surface area contributed by atoms with E-state index in [4.69, 9.17) is 5.73 Å². The van der Waals surface area contributed by atoms with E-state index in [1.54, 1.807) is 0 Å². The van der Waals surface area contributed by atoms with Gasteiger partial charge < -0.3 is 10.6 Å². The van der Waals surface area contributed by atoms with Crippen LogP contribution in [0.15, 0.2) is 24.3 Å². The molecule has 1 aliphatic carbocycles. The van der Waals surface area contributed by atoms with Crippen LogP contribution >= 0.6 is 0 Å². The van der Waals surface area contributed by atoms with Crippen molar-refractivity contribution in [2.45, 2.75) is 63.6 Å². The van der Waals surface area contributed by atoms with Crippen molar-refractivity contribution in [3.8, 4) is 0 Å². The minimum absolute atomic E-state index is 0.415. The maximum atomic E-state index is 12.8. The molecule has 1 aromatic rings. The van der Waals surface area contributed by atoms with Crippen molar-refractivity contribution in [1.29, 1.82) is 0 Å². The van der Waals surface area contributed by atoms with Gasteiger partial charge in [0.1, 0.15) is 0 Å². The van der Waals surface area contributed by atoms with Gasteiger partial charge in [-0.2, -0.15) is 13.2 Å². The Morgan fingerprint density at radius 1 is 0.962 bits per heavy atom. The highest BCUT2D eigenvalue weighted by Gasteiger charge is 2.30. The Bertz CT molecular complexity index is 557. The van der Waals surface area contributed by atoms with Crippen LogP contribution in [0.2, 0.25) is 0 Å². The van der Waals surface area contributed by atoms with Crippen molar-refractivity contribution in [3.05, 3.63) is 35.4 Å². The molecule has 0 amide bonds. The van der Waals surface area contributed by atoms with Crippen molar-refractivity contribution in [2.24, 2.45) is 17.6 Å². The average molecular weight is 368 g/mol. The quantitative estimate of drug-likeness (QED) is 0.804. The van der Waals surface area contributed by atoms with Crippen LogP contribution in [0.4, 0.5) is 13.2 Å². The molecule has 1 saturated carbocycles. The first-order chi connectivity index (χ1) is 12.4. The maximum Gasteiger partial charge on any atom is 0.416 e. The summed E-state index contributed by atoms with van der Waals surface area (Å²) in [6.07, 6.45) is 4.84. The van der Waals surface area contributed by atoms with E-state index in [2.05, 4.69) is 4.90 Å². The minimum Gasteiger partial charge on any atom is -0.328 e. The molecule has 26 heavy (non-hydrogen) atoms. The van der Waals surface area contributed by atoms with Gasteiger partial charge >= 0.3 is 6.18 Å². The number of likely N-dealkylation sites (tertiary alicyclic amines) is 1. The molecule has 1 aliphatic heterocycles. The molecule has 2 fully saturated rings. The second-order valence-electron chi connectivity index (χ2n) is 8.26. The molecule has 2 N–H and O–H groups in total. The van der Waals surface area contributed by atoms with Crippen molar-refractivity contribution >= 4 is 0 Å². The summed E-state index contributed by atoms with van der Waals surface area (Å²) in [4.78, 5) is 2.54. The molecule has 3 rings (SSSR count). The van der Waals surface area contributed by atoms with Gasteiger partial charge in [-0.25, -0.2) is 0 Å². The topological polar surface area (TPSA) is 29.3 Å². The van der Waals surface area contributed by atoms with Crippen LogP contribution in [0.5, 0.6) is 0 Å². The smallest absolute Gasteiger partial charge is 0.328 e. The second-order valence-corrected chi connectivity index (χ2v) is 8.26.